The molecule has 1 saturated carbocycles. The van der Waals surface area contributed by atoms with Crippen LogP contribution < -0.4 is 10.2 Å². The van der Waals surface area contributed by atoms with Gasteiger partial charge in [-0.05, 0) is 18.8 Å². The van der Waals surface area contributed by atoms with Crippen molar-refractivity contribution in [3.63, 3.8) is 0 Å². The first kappa shape index (κ1) is 14.0. The fourth-order valence-corrected chi connectivity index (χ4v) is 1.74. The number of pyridine rings is 1. The van der Waals surface area contributed by atoms with E-state index in [-0.39, 0.29) is 11.6 Å². The van der Waals surface area contributed by atoms with E-state index in [1.54, 1.807) is 19.0 Å². The number of nitrogens with zero attached hydrogens (tertiary/aromatic N) is 2. The molecule has 0 atom stereocenters. The zero-order valence-corrected chi connectivity index (χ0v) is 11.2. The van der Waals surface area contributed by atoms with Crippen LogP contribution in [0.1, 0.15) is 12.8 Å². The third-order valence-corrected chi connectivity index (χ3v) is 3.13. The second kappa shape index (κ2) is 6.14. The Hall–Kier alpha value is -1.43. The first-order chi connectivity index (χ1) is 9.11. The molecule has 0 amide bonds. The number of hydrogen-bond acceptors (Lipinski definition) is 4. The molecule has 1 fully saturated rings. The van der Waals surface area contributed by atoms with Crippen molar-refractivity contribution in [1.29, 1.82) is 0 Å². The summed E-state index contributed by atoms with van der Waals surface area (Å²) in [5.74, 6) is -0.479. The fourth-order valence-electron chi connectivity index (χ4n) is 1.74. The van der Waals surface area contributed by atoms with Crippen LogP contribution in [0, 0.1) is 17.6 Å². The average molecular weight is 271 g/mol. The first-order valence-corrected chi connectivity index (χ1v) is 6.44. The first-order valence-electron chi connectivity index (χ1n) is 6.44. The fraction of sp³-hybridized carbons (Fsp3) is 0.615. The largest absolute Gasteiger partial charge is 0.379 e. The third-order valence-electron chi connectivity index (χ3n) is 3.13. The van der Waals surface area contributed by atoms with Crippen LogP contribution in [0.4, 0.5) is 20.4 Å². The van der Waals surface area contributed by atoms with Gasteiger partial charge in [-0.2, -0.15) is 0 Å². The van der Waals surface area contributed by atoms with E-state index in [2.05, 4.69) is 10.3 Å². The molecular weight excluding hydrogens is 252 g/mol. The van der Waals surface area contributed by atoms with Gasteiger partial charge < -0.3 is 15.0 Å². The molecule has 1 heterocycles. The van der Waals surface area contributed by atoms with Crippen molar-refractivity contribution >= 4 is 11.6 Å². The predicted molar refractivity (Wildman–Crippen MR) is 70.5 cm³/mol. The second-order valence-corrected chi connectivity index (χ2v) is 4.81. The zero-order valence-electron chi connectivity index (χ0n) is 11.2. The lowest BCUT2D eigenvalue weighted by Crippen LogP contribution is -2.25. The molecule has 0 radical (unpaired) electrons. The van der Waals surface area contributed by atoms with Gasteiger partial charge in [0.25, 0.3) is 0 Å². The van der Waals surface area contributed by atoms with Gasteiger partial charge in [-0.25, -0.2) is 13.8 Å². The topological polar surface area (TPSA) is 37.4 Å². The van der Waals surface area contributed by atoms with Crippen LogP contribution in [0.15, 0.2) is 6.07 Å². The van der Waals surface area contributed by atoms with E-state index in [9.17, 15) is 8.78 Å². The zero-order chi connectivity index (χ0) is 13.8. The van der Waals surface area contributed by atoms with Crippen LogP contribution in [0.25, 0.3) is 0 Å². The molecule has 0 spiro atoms. The SMILES string of the molecule is CNc1nc(N(C)CCOCC2CC2)c(F)cc1F. The number of ether oxygens (including phenoxy) is 1. The molecule has 0 bridgehead atoms. The number of anilines is 2. The monoisotopic (exact) mass is 271 g/mol. The molecule has 1 aliphatic rings. The van der Waals surface area contributed by atoms with Crippen LogP contribution in [-0.4, -0.2) is 38.8 Å². The minimum atomic E-state index is -0.692. The summed E-state index contributed by atoms with van der Waals surface area (Å²) in [7, 11) is 3.26. The summed E-state index contributed by atoms with van der Waals surface area (Å²) in [4.78, 5) is 5.55. The molecule has 6 heteroatoms. The van der Waals surface area contributed by atoms with E-state index < -0.39 is 11.6 Å². The summed E-state index contributed by atoms with van der Waals surface area (Å²) in [5.41, 5.74) is 0. The van der Waals surface area contributed by atoms with Crippen LogP contribution >= 0.6 is 0 Å². The van der Waals surface area contributed by atoms with Crippen LogP contribution in [0.3, 0.4) is 0 Å². The second-order valence-electron chi connectivity index (χ2n) is 4.81. The van der Waals surface area contributed by atoms with E-state index in [0.717, 1.165) is 12.7 Å². The third kappa shape index (κ3) is 3.76. The van der Waals surface area contributed by atoms with Crippen molar-refractivity contribution in [2.75, 3.05) is 44.1 Å². The molecule has 0 unspecified atom stereocenters. The molecular formula is C13H19F2N3O. The highest BCUT2D eigenvalue weighted by molar-refractivity contribution is 5.48. The number of hydrogen-bond donors (Lipinski definition) is 1. The summed E-state index contributed by atoms with van der Waals surface area (Å²) in [6, 6.07) is 0.843. The maximum atomic E-state index is 13.7. The Morgan fingerprint density at radius 1 is 1.42 bits per heavy atom. The van der Waals surface area contributed by atoms with Crippen molar-refractivity contribution in [3.05, 3.63) is 17.7 Å². The van der Waals surface area contributed by atoms with Gasteiger partial charge in [0.15, 0.2) is 23.3 Å². The molecule has 106 valence electrons. The molecule has 4 nitrogen and oxygen atoms in total. The van der Waals surface area contributed by atoms with Crippen LogP contribution in [0.5, 0.6) is 0 Å². The predicted octanol–water partition coefficient (Wildman–Crippen LogP) is 2.26. The van der Waals surface area contributed by atoms with Crippen molar-refractivity contribution in [3.8, 4) is 0 Å². The Bertz CT molecular complexity index is 438. The van der Waals surface area contributed by atoms with Crippen molar-refractivity contribution in [2.45, 2.75) is 12.8 Å². The average Bonchev–Trinajstić information content (AvgIpc) is 3.18. The maximum Gasteiger partial charge on any atom is 0.168 e. The summed E-state index contributed by atoms with van der Waals surface area (Å²) in [5, 5.41) is 2.60. The van der Waals surface area contributed by atoms with Crippen molar-refractivity contribution in [1.82, 2.24) is 4.98 Å². The lowest BCUT2D eigenvalue weighted by Gasteiger charge is -2.19. The Morgan fingerprint density at radius 2 is 2.16 bits per heavy atom. The summed E-state index contributed by atoms with van der Waals surface area (Å²) >= 11 is 0. The lowest BCUT2D eigenvalue weighted by atomic mass is 10.3. The lowest BCUT2D eigenvalue weighted by molar-refractivity contribution is 0.130. The van der Waals surface area contributed by atoms with Gasteiger partial charge in [0.1, 0.15) is 0 Å². The summed E-state index contributed by atoms with van der Waals surface area (Å²) in [6.45, 7) is 1.81. The van der Waals surface area contributed by atoms with Crippen molar-refractivity contribution < 1.29 is 13.5 Å². The molecule has 0 saturated heterocycles. The van der Waals surface area contributed by atoms with E-state index in [1.807, 2.05) is 0 Å². The molecule has 2 rings (SSSR count). The molecule has 1 N–H and O–H groups in total. The number of aromatic nitrogens is 1. The molecule has 1 aliphatic carbocycles. The van der Waals surface area contributed by atoms with Gasteiger partial charge in [-0.15, -0.1) is 0 Å². The van der Waals surface area contributed by atoms with E-state index >= 15 is 0 Å². The number of likely N-dealkylation sites (N-methyl/N-ethyl adjacent to an activating group) is 1. The quantitative estimate of drug-likeness (QED) is 0.772. The Balaban J connectivity index is 1.90. The van der Waals surface area contributed by atoms with Crippen LogP contribution in [0.2, 0.25) is 0 Å². The van der Waals surface area contributed by atoms with Gasteiger partial charge in [-0.3, -0.25) is 0 Å². The van der Waals surface area contributed by atoms with Crippen LogP contribution in [-0.2, 0) is 4.74 Å². The minimum Gasteiger partial charge on any atom is -0.379 e. The smallest absolute Gasteiger partial charge is 0.168 e. The van der Waals surface area contributed by atoms with Gasteiger partial charge in [0.2, 0.25) is 0 Å². The van der Waals surface area contributed by atoms with Gasteiger partial charge in [0.05, 0.1) is 6.61 Å². The molecule has 19 heavy (non-hydrogen) atoms. The minimum absolute atomic E-state index is 0.0437. The maximum absolute atomic E-state index is 13.7. The molecule has 0 aliphatic heterocycles. The van der Waals surface area contributed by atoms with Gasteiger partial charge in [-0.1, -0.05) is 0 Å². The molecule has 0 aromatic carbocycles. The van der Waals surface area contributed by atoms with Gasteiger partial charge >= 0.3 is 0 Å². The summed E-state index contributed by atoms with van der Waals surface area (Å²) < 4.78 is 32.4. The number of halogens is 2. The van der Waals surface area contributed by atoms with E-state index in [4.69, 9.17) is 4.74 Å². The Kier molecular flexibility index (Phi) is 4.52. The normalized spacial score (nSPS) is 14.5. The number of nitrogens with one attached hydrogen (secondary N) is 1. The standard InChI is InChI=1S/C13H19F2N3O/c1-16-12-10(14)7-11(15)13(17-12)18(2)5-6-19-8-9-3-4-9/h7,9H,3-6,8H2,1-2H3,(H,16,17). The Morgan fingerprint density at radius 3 is 2.79 bits per heavy atom. The summed E-state index contributed by atoms with van der Waals surface area (Å²) in [6.07, 6.45) is 2.49. The highest BCUT2D eigenvalue weighted by Gasteiger charge is 2.21. The van der Waals surface area contributed by atoms with E-state index in [0.29, 0.717) is 19.1 Å². The Labute approximate surface area is 111 Å². The van der Waals surface area contributed by atoms with Crippen molar-refractivity contribution in [2.24, 2.45) is 5.92 Å². The van der Waals surface area contributed by atoms with E-state index in [1.165, 1.54) is 12.8 Å². The van der Waals surface area contributed by atoms with Gasteiger partial charge in [0, 0.05) is 33.3 Å². The highest BCUT2D eigenvalue weighted by Crippen LogP contribution is 2.28. The number of rotatable bonds is 7. The molecule has 1 aromatic rings. The molecule has 1 aromatic heterocycles. The highest BCUT2D eigenvalue weighted by atomic mass is 19.1.